The molecule has 0 atom stereocenters. The molecule has 2 saturated carbocycles. The maximum Gasteiger partial charge on any atom is 0.226 e. The van der Waals surface area contributed by atoms with Crippen molar-refractivity contribution in [3.63, 3.8) is 0 Å². The quantitative estimate of drug-likeness (QED) is 0.0513. The van der Waals surface area contributed by atoms with Gasteiger partial charge in [0.1, 0.15) is 57.9 Å². The number of hydrogen-bond acceptors (Lipinski definition) is 27. The minimum absolute atomic E-state index is 0.00749. The van der Waals surface area contributed by atoms with Gasteiger partial charge in [0, 0.05) is 175 Å². The number of halogens is 3. The maximum atomic E-state index is 16.1. The number of sulfone groups is 3. The van der Waals surface area contributed by atoms with Crippen LogP contribution in [-0.2, 0) is 46.8 Å². The molecule has 17 rings (SSSR count). The monoisotopic (exact) mass is 1780 g/mol. The molecule has 2 aliphatic carbocycles. The predicted octanol–water partition coefficient (Wildman–Crippen LogP) is 15.3. The lowest BCUT2D eigenvalue weighted by Crippen LogP contribution is -2.42. The van der Waals surface area contributed by atoms with E-state index in [1.807, 2.05) is 0 Å². The SMILES string of the molecule is COc1ncc(-c2c(F)cc(OC3CCC(N4CCCCC4)CC3)c3nc(N4CCCCC4)ncc23)cc1CS(C)(=O)=O.COc1ncc(-c2nc(N3CCCCC3)nc3c(OC4CCC(N5CCCCC5)CC4)cc(F)cc23)cc1CS(C)(=O)=O.COc1ncc(-c2nc(N3CCCCC3)nc3c(OCCN4CCCCC4)cc(F)cc23)cc1CS(C)(=O)=O. The normalized spacial score (nSPS) is 20.5. The molecule has 27 nitrogen and oxygen atoms in total. The minimum atomic E-state index is -3.38. The Morgan fingerprint density at radius 3 is 1.14 bits per heavy atom. The number of rotatable bonds is 25. The molecule has 674 valence electrons. The number of ether oxygens (including phenoxy) is 6. The van der Waals surface area contributed by atoms with Crippen LogP contribution in [0, 0.1) is 17.5 Å². The average molecular weight is 1780 g/mol. The molecule has 6 aromatic heterocycles. The van der Waals surface area contributed by atoms with E-state index >= 15 is 8.78 Å². The molecule has 0 bridgehead atoms. The third-order valence-electron chi connectivity index (χ3n) is 25.4. The van der Waals surface area contributed by atoms with E-state index in [0.29, 0.717) is 131 Å². The van der Waals surface area contributed by atoms with E-state index in [9.17, 15) is 29.6 Å². The van der Waals surface area contributed by atoms with Gasteiger partial charge < -0.3 is 52.9 Å². The van der Waals surface area contributed by atoms with Crippen molar-refractivity contribution in [1.82, 2.24) is 59.6 Å². The van der Waals surface area contributed by atoms with Crippen LogP contribution in [0.4, 0.5) is 31.0 Å². The number of nitrogens with zero attached hydrogens (tertiary/aromatic N) is 15. The van der Waals surface area contributed by atoms with Gasteiger partial charge in [-0.1, -0.05) is 19.3 Å². The molecule has 12 heterocycles. The highest BCUT2D eigenvalue weighted by molar-refractivity contribution is 7.90. The zero-order valence-corrected chi connectivity index (χ0v) is 75.6. The first kappa shape index (κ1) is 90.6. The third-order valence-corrected chi connectivity index (χ3v) is 27.9. The Balaban J connectivity index is 0.000000145. The van der Waals surface area contributed by atoms with E-state index in [4.69, 9.17) is 53.3 Å². The highest BCUT2D eigenvalue weighted by Gasteiger charge is 2.34. The lowest BCUT2D eigenvalue weighted by Gasteiger charge is -2.38. The first-order valence-electron chi connectivity index (χ1n) is 44.9. The zero-order valence-electron chi connectivity index (χ0n) is 73.1. The molecule has 9 aromatic rings. The number of piperidine rings is 6. The van der Waals surface area contributed by atoms with Gasteiger partial charge in [-0.15, -0.1) is 0 Å². The van der Waals surface area contributed by atoms with Crippen molar-refractivity contribution < 1.29 is 66.8 Å². The van der Waals surface area contributed by atoms with Gasteiger partial charge in [0.05, 0.1) is 62.2 Å². The summed E-state index contributed by atoms with van der Waals surface area (Å²) in [5.74, 6) is 1.50. The zero-order chi connectivity index (χ0) is 87.4. The number of hydrogen-bond donors (Lipinski definition) is 0. The molecule has 3 aromatic carbocycles. The lowest BCUT2D eigenvalue weighted by molar-refractivity contribution is 0.0775. The fraction of sp³-hybridized carbons (Fsp3) is 0.576. The van der Waals surface area contributed by atoms with E-state index in [0.717, 1.165) is 174 Å². The molecule has 8 fully saturated rings. The van der Waals surface area contributed by atoms with Crippen LogP contribution in [0.15, 0.2) is 73.3 Å². The molecule has 0 amide bonds. The van der Waals surface area contributed by atoms with E-state index in [1.54, 1.807) is 36.8 Å². The fourth-order valence-electron chi connectivity index (χ4n) is 19.2. The Morgan fingerprint density at radius 1 is 0.368 bits per heavy atom. The molecule has 6 aliphatic heterocycles. The summed E-state index contributed by atoms with van der Waals surface area (Å²) >= 11 is 0. The Labute approximate surface area is 733 Å². The molecule has 0 N–H and O–H groups in total. The summed E-state index contributed by atoms with van der Waals surface area (Å²) in [5, 5.41) is 1.51. The summed E-state index contributed by atoms with van der Waals surface area (Å²) in [6, 6.07) is 13.4. The van der Waals surface area contributed by atoms with Crippen molar-refractivity contribution >= 4 is 80.1 Å². The maximum absolute atomic E-state index is 16.1. The number of fused-ring (bicyclic) bond motifs is 3. The number of anilines is 3. The number of benzene rings is 3. The second kappa shape index (κ2) is 41.3. The van der Waals surface area contributed by atoms with Crippen LogP contribution in [0.1, 0.15) is 184 Å². The highest BCUT2D eigenvalue weighted by Crippen LogP contribution is 2.44. The first-order valence-corrected chi connectivity index (χ1v) is 51.1. The second-order valence-corrected chi connectivity index (χ2v) is 41.5. The highest BCUT2D eigenvalue weighted by atomic mass is 32.2. The van der Waals surface area contributed by atoms with E-state index in [1.165, 1.54) is 155 Å². The standard InChI is InChI=1S/2C32H42FN5O4S.C28H36FN5O4S/c1-41-31-23(21-43(2,39)40)17-22(20-34-31)29-27-18-24(33)19-28(30(27)36-32(35-29)38-15-7-4-8-16-38)42-26-11-9-25(10-12-26)37-13-5-3-6-14-37;1-41-31-23(21-43(2,39)40)17-22(19-34-31)29-26-20-35-32(38-15-7-4-8-16-38)36-30(26)28(18-27(29)33)42-25-11-9-24(10-12-25)37-13-5-3-6-14-37;1-37-27-21(19-39(2,35)36)15-20(18-30-27)25-23-16-22(29)17-24(38-14-13-33-9-5-3-6-10-33)26(23)32-28(31-25)34-11-7-4-8-12-34/h17-20,25-26H,3-16,21H2,1-2H3;17-20,24-25H,3-16,21H2,1-2H3;15-18H,3-14,19H2,1-2H3. The second-order valence-electron chi connectivity index (χ2n) is 35.1. The van der Waals surface area contributed by atoms with Crippen LogP contribution < -0.4 is 43.1 Å². The van der Waals surface area contributed by atoms with Crippen LogP contribution >= 0.6 is 0 Å². The van der Waals surface area contributed by atoms with E-state index < -0.39 is 47.0 Å². The van der Waals surface area contributed by atoms with Gasteiger partial charge in [0.15, 0.2) is 29.5 Å². The van der Waals surface area contributed by atoms with E-state index in [-0.39, 0.29) is 52.7 Å². The van der Waals surface area contributed by atoms with Gasteiger partial charge in [-0.3, -0.25) is 4.90 Å². The smallest absolute Gasteiger partial charge is 0.226 e. The van der Waals surface area contributed by atoms with Crippen molar-refractivity contribution in [2.45, 2.75) is 208 Å². The van der Waals surface area contributed by atoms with Crippen molar-refractivity contribution in [3.05, 3.63) is 107 Å². The fourth-order valence-corrected chi connectivity index (χ4v) is 21.5. The Bertz CT molecular complexity index is 5550. The summed E-state index contributed by atoms with van der Waals surface area (Å²) in [5.41, 5.74) is 5.67. The first-order chi connectivity index (χ1) is 60.4. The van der Waals surface area contributed by atoms with Crippen molar-refractivity contribution in [2.24, 2.45) is 0 Å². The number of methoxy groups -OCH3 is 3. The van der Waals surface area contributed by atoms with Crippen LogP contribution in [0.2, 0.25) is 0 Å². The molecule has 0 unspecified atom stereocenters. The number of pyridine rings is 3. The predicted molar refractivity (Wildman–Crippen MR) is 482 cm³/mol. The van der Waals surface area contributed by atoms with Crippen molar-refractivity contribution in [3.8, 4) is 68.5 Å². The molecule has 0 radical (unpaired) electrons. The summed E-state index contributed by atoms with van der Waals surface area (Å²) < 4.78 is 154. The summed E-state index contributed by atoms with van der Waals surface area (Å²) in [4.78, 5) is 56.5. The van der Waals surface area contributed by atoms with Gasteiger partial charge in [0.25, 0.3) is 0 Å². The molecular formula is C92H120F3N15O12S3. The molecule has 0 spiro atoms. The lowest BCUT2D eigenvalue weighted by atomic mass is 9.90. The third kappa shape index (κ3) is 23.4. The Kier molecular flexibility index (Phi) is 29.9. The number of likely N-dealkylation sites (tertiary alicyclic amines) is 3. The summed E-state index contributed by atoms with van der Waals surface area (Å²) in [7, 11) is -5.75. The van der Waals surface area contributed by atoms with Crippen LogP contribution in [0.25, 0.3) is 66.4 Å². The van der Waals surface area contributed by atoms with Crippen LogP contribution in [0.5, 0.6) is 34.9 Å². The van der Waals surface area contributed by atoms with Gasteiger partial charge >= 0.3 is 0 Å². The van der Waals surface area contributed by atoms with Crippen molar-refractivity contribution in [1.29, 1.82) is 0 Å². The summed E-state index contributed by atoms with van der Waals surface area (Å²) in [6.45, 7) is 13.2. The average Bonchev–Trinajstić information content (AvgIpc) is 0.768. The van der Waals surface area contributed by atoms with Crippen LogP contribution in [-0.4, -0.2) is 241 Å². The topological polar surface area (TPSA) is 293 Å². The Morgan fingerprint density at radius 2 is 0.720 bits per heavy atom. The van der Waals surface area contributed by atoms with Crippen LogP contribution in [0.3, 0.4) is 0 Å². The molecule has 8 aliphatic rings. The Hall–Kier alpha value is -9.15. The molecule has 6 saturated heterocycles. The molecule has 33 heteroatoms. The number of aromatic nitrogens is 9. The van der Waals surface area contributed by atoms with E-state index in [2.05, 4.69) is 49.3 Å². The minimum Gasteiger partial charge on any atom is -0.490 e. The van der Waals surface area contributed by atoms with Crippen molar-refractivity contribution in [2.75, 3.05) is 146 Å². The molecular weight excluding hydrogens is 1660 g/mol. The van der Waals surface area contributed by atoms with Gasteiger partial charge in [0.2, 0.25) is 35.5 Å². The largest absolute Gasteiger partial charge is 0.490 e. The van der Waals surface area contributed by atoms with Gasteiger partial charge in [-0.05, 0) is 217 Å². The molecule has 125 heavy (non-hydrogen) atoms. The van der Waals surface area contributed by atoms with Gasteiger partial charge in [-0.2, -0.15) is 0 Å². The summed E-state index contributed by atoms with van der Waals surface area (Å²) in [6.07, 6.45) is 39.1. The van der Waals surface area contributed by atoms with Gasteiger partial charge in [-0.25, -0.2) is 83.3 Å².